The number of rotatable bonds is 5. The van der Waals surface area contributed by atoms with Crippen molar-refractivity contribution < 1.29 is 0 Å². The normalized spacial score (nSPS) is 11.4. The third kappa shape index (κ3) is 4.86. The number of hydrogen-bond donors (Lipinski definition) is 0. The van der Waals surface area contributed by atoms with Crippen LogP contribution in [0, 0.1) is 0 Å². The second-order valence-corrected chi connectivity index (χ2v) is 11.9. The van der Waals surface area contributed by atoms with Crippen molar-refractivity contribution in [2.24, 2.45) is 0 Å². The summed E-state index contributed by atoms with van der Waals surface area (Å²) in [6, 6.07) is 62.1. The quantitative estimate of drug-likeness (QED) is 0.197. The molecule has 0 amide bonds. The number of aromatic nitrogens is 3. The van der Waals surface area contributed by atoms with E-state index in [0.29, 0.717) is 5.82 Å². The SMILES string of the molecule is c1ccc(-c2ccc(-c3cc(-c4cccc(-n5c6ccccc6c6ccccc65)c4)nc(-c4ccc5ccccc5c4)n3)cc2)cc1. The Balaban J connectivity index is 1.21. The predicted octanol–water partition coefficient (Wildman–Crippen LogP) is 11.4. The summed E-state index contributed by atoms with van der Waals surface area (Å²) in [7, 11) is 0. The van der Waals surface area contributed by atoms with Gasteiger partial charge in [-0.2, -0.15) is 0 Å². The van der Waals surface area contributed by atoms with E-state index < -0.39 is 0 Å². The molecule has 0 N–H and O–H groups in total. The largest absolute Gasteiger partial charge is 0.309 e. The Morgan fingerprint density at radius 3 is 1.64 bits per heavy atom. The predicted molar refractivity (Wildman–Crippen MR) is 196 cm³/mol. The Morgan fingerprint density at radius 1 is 0.340 bits per heavy atom. The molecule has 9 rings (SSSR count). The van der Waals surface area contributed by atoms with Gasteiger partial charge >= 0.3 is 0 Å². The van der Waals surface area contributed by atoms with Gasteiger partial charge < -0.3 is 4.57 Å². The van der Waals surface area contributed by atoms with Crippen LogP contribution in [-0.2, 0) is 0 Å². The first-order valence-corrected chi connectivity index (χ1v) is 15.9. The minimum Gasteiger partial charge on any atom is -0.309 e. The molecule has 0 saturated heterocycles. The minimum absolute atomic E-state index is 0.706. The minimum atomic E-state index is 0.706. The molecule has 0 aliphatic carbocycles. The van der Waals surface area contributed by atoms with Gasteiger partial charge in [0.15, 0.2) is 5.82 Å². The van der Waals surface area contributed by atoms with Crippen molar-refractivity contribution in [3.8, 4) is 50.7 Å². The number of benzene rings is 7. The average molecular weight is 600 g/mol. The van der Waals surface area contributed by atoms with E-state index in [9.17, 15) is 0 Å². The molecule has 2 heterocycles. The van der Waals surface area contributed by atoms with Crippen LogP contribution in [-0.4, -0.2) is 14.5 Å². The fourth-order valence-corrected chi connectivity index (χ4v) is 6.67. The first-order chi connectivity index (χ1) is 23.3. The molecule has 0 aliphatic heterocycles. The topological polar surface area (TPSA) is 30.7 Å². The molecule has 3 nitrogen and oxygen atoms in total. The van der Waals surface area contributed by atoms with Gasteiger partial charge in [0.1, 0.15) is 0 Å². The summed E-state index contributed by atoms with van der Waals surface area (Å²) in [6.07, 6.45) is 0. The Bertz CT molecular complexity index is 2510. The van der Waals surface area contributed by atoms with E-state index in [1.165, 1.54) is 43.7 Å². The standard InChI is InChI=1S/C44H29N3/c1-2-11-30(12-3-1)32-21-24-33(25-22-32)40-29-41(46-44(45-40)36-26-23-31-13-4-5-14-34(31)27-36)35-15-10-16-37(28-35)47-42-19-8-6-17-38(42)39-18-7-9-20-43(39)47/h1-29H. The molecule has 0 saturated carbocycles. The van der Waals surface area contributed by atoms with Crippen molar-refractivity contribution in [1.29, 1.82) is 0 Å². The molecule has 0 unspecified atom stereocenters. The smallest absolute Gasteiger partial charge is 0.160 e. The number of hydrogen-bond acceptors (Lipinski definition) is 2. The fraction of sp³-hybridized carbons (Fsp3) is 0. The number of para-hydroxylation sites is 2. The van der Waals surface area contributed by atoms with Crippen molar-refractivity contribution in [1.82, 2.24) is 14.5 Å². The molecular formula is C44H29N3. The first kappa shape index (κ1) is 27.0. The van der Waals surface area contributed by atoms with Gasteiger partial charge in [-0.3, -0.25) is 0 Å². The van der Waals surface area contributed by atoms with E-state index in [2.05, 4.69) is 174 Å². The third-order valence-corrected chi connectivity index (χ3v) is 9.00. The lowest BCUT2D eigenvalue weighted by atomic mass is 10.0. The molecule has 7 aromatic carbocycles. The van der Waals surface area contributed by atoms with Crippen molar-refractivity contribution in [3.63, 3.8) is 0 Å². The van der Waals surface area contributed by atoms with E-state index in [1.807, 2.05) is 6.07 Å². The van der Waals surface area contributed by atoms with E-state index in [4.69, 9.17) is 9.97 Å². The zero-order chi connectivity index (χ0) is 31.2. The van der Waals surface area contributed by atoms with E-state index in [0.717, 1.165) is 33.8 Å². The highest BCUT2D eigenvalue weighted by Gasteiger charge is 2.15. The van der Waals surface area contributed by atoms with Gasteiger partial charge in [0.05, 0.1) is 22.4 Å². The van der Waals surface area contributed by atoms with Gasteiger partial charge in [-0.05, 0) is 58.3 Å². The number of nitrogens with zero attached hydrogens (tertiary/aromatic N) is 3. The molecule has 0 aliphatic rings. The maximum Gasteiger partial charge on any atom is 0.160 e. The van der Waals surface area contributed by atoms with Crippen molar-refractivity contribution in [2.75, 3.05) is 0 Å². The maximum atomic E-state index is 5.20. The maximum absolute atomic E-state index is 5.20. The average Bonchev–Trinajstić information content (AvgIpc) is 3.49. The van der Waals surface area contributed by atoms with E-state index >= 15 is 0 Å². The Morgan fingerprint density at radius 2 is 0.894 bits per heavy atom. The highest BCUT2D eigenvalue weighted by atomic mass is 15.0. The van der Waals surface area contributed by atoms with E-state index in [-0.39, 0.29) is 0 Å². The molecule has 0 radical (unpaired) electrons. The van der Waals surface area contributed by atoms with Crippen molar-refractivity contribution in [2.45, 2.75) is 0 Å². The molecule has 9 aromatic rings. The third-order valence-electron chi connectivity index (χ3n) is 9.00. The summed E-state index contributed by atoms with van der Waals surface area (Å²) in [4.78, 5) is 10.3. The van der Waals surface area contributed by atoms with Crippen LogP contribution in [0.15, 0.2) is 176 Å². The van der Waals surface area contributed by atoms with Crippen LogP contribution in [0.3, 0.4) is 0 Å². The van der Waals surface area contributed by atoms with Crippen molar-refractivity contribution in [3.05, 3.63) is 176 Å². The summed E-state index contributed by atoms with van der Waals surface area (Å²) in [6.45, 7) is 0. The highest BCUT2D eigenvalue weighted by molar-refractivity contribution is 6.09. The molecular weight excluding hydrogens is 571 g/mol. The summed E-state index contributed by atoms with van der Waals surface area (Å²) >= 11 is 0. The monoisotopic (exact) mass is 599 g/mol. The summed E-state index contributed by atoms with van der Waals surface area (Å²) in [5, 5.41) is 4.86. The molecule has 0 atom stereocenters. The Hall–Kier alpha value is -6.32. The Kier molecular flexibility index (Phi) is 6.46. The summed E-state index contributed by atoms with van der Waals surface area (Å²) < 4.78 is 2.35. The lowest BCUT2D eigenvalue weighted by molar-refractivity contribution is 1.16. The van der Waals surface area contributed by atoms with Crippen LogP contribution >= 0.6 is 0 Å². The van der Waals surface area contributed by atoms with Gasteiger partial charge in [0.2, 0.25) is 0 Å². The second kappa shape index (κ2) is 11.2. The highest BCUT2D eigenvalue weighted by Crippen LogP contribution is 2.35. The van der Waals surface area contributed by atoms with Gasteiger partial charge in [-0.25, -0.2) is 9.97 Å². The van der Waals surface area contributed by atoms with Crippen LogP contribution in [0.2, 0.25) is 0 Å². The lowest BCUT2D eigenvalue weighted by Crippen LogP contribution is -1.98. The fourth-order valence-electron chi connectivity index (χ4n) is 6.67. The van der Waals surface area contributed by atoms with Gasteiger partial charge in [0.25, 0.3) is 0 Å². The van der Waals surface area contributed by atoms with Crippen LogP contribution < -0.4 is 0 Å². The molecule has 47 heavy (non-hydrogen) atoms. The van der Waals surface area contributed by atoms with Crippen LogP contribution in [0.25, 0.3) is 83.3 Å². The molecule has 0 spiro atoms. The number of fused-ring (bicyclic) bond motifs is 4. The first-order valence-electron chi connectivity index (χ1n) is 15.9. The molecule has 2 aromatic heterocycles. The molecule has 0 fully saturated rings. The van der Waals surface area contributed by atoms with Gasteiger partial charge in [-0.1, -0.05) is 140 Å². The molecule has 3 heteroatoms. The summed E-state index contributed by atoms with van der Waals surface area (Å²) in [5.74, 6) is 0.706. The van der Waals surface area contributed by atoms with E-state index in [1.54, 1.807) is 0 Å². The van der Waals surface area contributed by atoms with Crippen molar-refractivity contribution >= 4 is 32.6 Å². The van der Waals surface area contributed by atoms with Crippen LogP contribution in [0.5, 0.6) is 0 Å². The second-order valence-electron chi connectivity index (χ2n) is 11.9. The van der Waals surface area contributed by atoms with Gasteiger partial charge in [0, 0.05) is 33.2 Å². The van der Waals surface area contributed by atoms with Crippen LogP contribution in [0.4, 0.5) is 0 Å². The summed E-state index contributed by atoms with van der Waals surface area (Å²) in [5.41, 5.74) is 10.7. The molecule has 0 bridgehead atoms. The molecule has 220 valence electrons. The Labute approximate surface area is 273 Å². The lowest BCUT2D eigenvalue weighted by Gasteiger charge is -2.13. The van der Waals surface area contributed by atoms with Crippen LogP contribution in [0.1, 0.15) is 0 Å². The van der Waals surface area contributed by atoms with Gasteiger partial charge in [-0.15, -0.1) is 0 Å². The zero-order valence-electron chi connectivity index (χ0n) is 25.6. The zero-order valence-corrected chi connectivity index (χ0v) is 25.6.